The van der Waals surface area contributed by atoms with E-state index in [1.165, 1.54) is 0 Å². The van der Waals surface area contributed by atoms with Crippen LogP contribution in [0.3, 0.4) is 0 Å². The Morgan fingerprint density at radius 3 is 2.00 bits per heavy atom. The molecule has 1 aliphatic heterocycles. The number of Topliss-reactive ketones (excluding diaryl/α,β-unsaturated/α-hetero) is 1. The third-order valence-electron chi connectivity index (χ3n) is 4.61. The maximum Gasteiger partial charge on any atom is 0.414 e. The molecule has 9 heteroatoms. The highest BCUT2D eigenvalue weighted by Gasteiger charge is 2.38. The summed E-state index contributed by atoms with van der Waals surface area (Å²) in [6.07, 6.45) is 2.36. The predicted octanol–water partition coefficient (Wildman–Crippen LogP) is 1.28. The summed E-state index contributed by atoms with van der Waals surface area (Å²) < 4.78 is 0. The lowest BCUT2D eigenvalue weighted by molar-refractivity contribution is -0.159. The molecule has 0 aliphatic carbocycles. The van der Waals surface area contributed by atoms with Gasteiger partial charge >= 0.3 is 11.9 Å². The highest BCUT2D eigenvalue weighted by atomic mass is 16.4. The van der Waals surface area contributed by atoms with E-state index in [-0.39, 0.29) is 11.7 Å². The van der Waals surface area contributed by atoms with Crippen LogP contribution in [0.5, 0.6) is 0 Å². The molecule has 2 N–H and O–H groups in total. The molecule has 30 heavy (non-hydrogen) atoms. The van der Waals surface area contributed by atoms with Crippen molar-refractivity contribution < 1.29 is 29.4 Å². The number of benzene rings is 1. The second kappa shape index (κ2) is 12.0. The highest BCUT2D eigenvalue weighted by molar-refractivity contribution is 6.27. The Morgan fingerprint density at radius 2 is 1.47 bits per heavy atom. The van der Waals surface area contributed by atoms with Gasteiger partial charge in [0.05, 0.1) is 5.69 Å². The molecule has 9 nitrogen and oxygen atoms in total. The molecular formula is C21H31N3O6. The number of carboxylic acid groups (broad SMARTS) is 2. The number of fused-ring (bicyclic) bond motifs is 1. The summed E-state index contributed by atoms with van der Waals surface area (Å²) in [5.41, 5.74) is 1.46. The SMILES string of the molecule is CN(C)CCCC1C(=O)c2ccccc2N(CCCN(C)C)C1=O.O=C(O)C(=O)O. The number of rotatable bonds is 8. The molecule has 1 heterocycles. The minimum absolute atomic E-state index is 0.0155. The van der Waals surface area contributed by atoms with Crippen molar-refractivity contribution in [2.45, 2.75) is 19.3 Å². The number of carboxylic acids is 2. The summed E-state index contributed by atoms with van der Waals surface area (Å²) >= 11 is 0. The Morgan fingerprint density at radius 1 is 0.933 bits per heavy atom. The van der Waals surface area contributed by atoms with Crippen molar-refractivity contribution in [3.05, 3.63) is 29.8 Å². The van der Waals surface area contributed by atoms with Gasteiger partial charge in [-0.3, -0.25) is 9.59 Å². The number of carbonyl (C=O) groups is 4. The first-order valence-electron chi connectivity index (χ1n) is 9.76. The summed E-state index contributed by atoms with van der Waals surface area (Å²) in [6, 6.07) is 7.50. The average molecular weight is 421 g/mol. The van der Waals surface area contributed by atoms with E-state index >= 15 is 0 Å². The molecule has 0 bridgehead atoms. The van der Waals surface area contributed by atoms with E-state index in [4.69, 9.17) is 19.8 Å². The Hall–Kier alpha value is -2.78. The van der Waals surface area contributed by atoms with E-state index in [1.807, 2.05) is 57.4 Å². The second-order valence-electron chi connectivity index (χ2n) is 7.64. The van der Waals surface area contributed by atoms with Gasteiger partial charge in [0.2, 0.25) is 5.91 Å². The Kier molecular flexibility index (Phi) is 10.1. The van der Waals surface area contributed by atoms with Crippen molar-refractivity contribution in [2.75, 3.05) is 52.7 Å². The lowest BCUT2D eigenvalue weighted by Gasteiger charge is -2.33. The molecule has 0 aromatic heterocycles. The lowest BCUT2D eigenvalue weighted by Crippen LogP contribution is -2.45. The van der Waals surface area contributed by atoms with Crippen molar-refractivity contribution >= 4 is 29.3 Å². The summed E-state index contributed by atoms with van der Waals surface area (Å²) in [5.74, 6) is -4.22. The van der Waals surface area contributed by atoms with E-state index in [0.717, 1.165) is 31.6 Å². The third-order valence-corrected chi connectivity index (χ3v) is 4.61. The van der Waals surface area contributed by atoms with Gasteiger partial charge in [0.1, 0.15) is 5.92 Å². The van der Waals surface area contributed by atoms with Gasteiger partial charge in [-0.1, -0.05) is 12.1 Å². The number of aliphatic carboxylic acids is 2. The molecule has 0 saturated carbocycles. The molecule has 0 radical (unpaired) electrons. The molecule has 1 aliphatic rings. The minimum atomic E-state index is -1.82. The van der Waals surface area contributed by atoms with E-state index in [1.54, 1.807) is 0 Å². The van der Waals surface area contributed by atoms with Crippen LogP contribution in [0.15, 0.2) is 24.3 Å². The second-order valence-corrected chi connectivity index (χ2v) is 7.64. The van der Waals surface area contributed by atoms with Crippen molar-refractivity contribution in [2.24, 2.45) is 5.92 Å². The first-order chi connectivity index (χ1) is 14.1. The maximum atomic E-state index is 12.9. The zero-order valence-corrected chi connectivity index (χ0v) is 18.0. The van der Waals surface area contributed by atoms with Gasteiger partial charge in [0.25, 0.3) is 0 Å². The lowest BCUT2D eigenvalue weighted by atomic mass is 9.87. The first-order valence-corrected chi connectivity index (χ1v) is 9.76. The zero-order valence-electron chi connectivity index (χ0n) is 18.0. The van der Waals surface area contributed by atoms with Crippen LogP contribution in [0.25, 0.3) is 0 Å². The van der Waals surface area contributed by atoms with Gasteiger partial charge in [-0.25, -0.2) is 9.59 Å². The fourth-order valence-electron chi connectivity index (χ4n) is 3.17. The first kappa shape index (κ1) is 25.3. The van der Waals surface area contributed by atoms with E-state index in [2.05, 4.69) is 9.80 Å². The van der Waals surface area contributed by atoms with E-state index < -0.39 is 17.9 Å². The summed E-state index contributed by atoms with van der Waals surface area (Å²) in [6.45, 7) is 2.47. The van der Waals surface area contributed by atoms with Crippen LogP contribution in [0, 0.1) is 5.92 Å². The Balaban J connectivity index is 0.000000656. The quantitative estimate of drug-likeness (QED) is 0.476. The zero-order chi connectivity index (χ0) is 22.8. The minimum Gasteiger partial charge on any atom is -0.473 e. The number of amides is 1. The van der Waals surface area contributed by atoms with Gasteiger partial charge in [-0.05, 0) is 72.7 Å². The van der Waals surface area contributed by atoms with Crippen LogP contribution < -0.4 is 4.90 Å². The van der Waals surface area contributed by atoms with E-state index in [0.29, 0.717) is 18.5 Å². The van der Waals surface area contributed by atoms with Crippen molar-refractivity contribution in [3.63, 3.8) is 0 Å². The maximum absolute atomic E-state index is 12.9. The van der Waals surface area contributed by atoms with Crippen LogP contribution in [-0.4, -0.2) is 91.5 Å². The van der Waals surface area contributed by atoms with Crippen LogP contribution in [0.2, 0.25) is 0 Å². The van der Waals surface area contributed by atoms with Crippen molar-refractivity contribution in [1.29, 1.82) is 0 Å². The molecular weight excluding hydrogens is 390 g/mol. The summed E-state index contributed by atoms with van der Waals surface area (Å²) in [4.78, 5) is 49.9. The molecule has 0 saturated heterocycles. The van der Waals surface area contributed by atoms with Crippen LogP contribution >= 0.6 is 0 Å². The van der Waals surface area contributed by atoms with Gasteiger partial charge < -0.3 is 24.9 Å². The molecule has 1 aromatic carbocycles. The predicted molar refractivity (Wildman–Crippen MR) is 113 cm³/mol. The van der Waals surface area contributed by atoms with Gasteiger partial charge in [-0.15, -0.1) is 0 Å². The number of hydrogen-bond acceptors (Lipinski definition) is 6. The van der Waals surface area contributed by atoms with E-state index in [9.17, 15) is 9.59 Å². The molecule has 1 amide bonds. The molecule has 0 fully saturated rings. The number of anilines is 1. The summed E-state index contributed by atoms with van der Waals surface area (Å²) in [7, 11) is 8.07. The van der Waals surface area contributed by atoms with Gasteiger partial charge in [0, 0.05) is 12.1 Å². The fourth-order valence-corrected chi connectivity index (χ4v) is 3.17. The largest absolute Gasteiger partial charge is 0.473 e. The van der Waals surface area contributed by atoms with Crippen LogP contribution in [-0.2, 0) is 14.4 Å². The number of nitrogens with zero attached hydrogens (tertiary/aromatic N) is 3. The van der Waals surface area contributed by atoms with Crippen molar-refractivity contribution in [3.8, 4) is 0 Å². The van der Waals surface area contributed by atoms with Gasteiger partial charge in [0.15, 0.2) is 5.78 Å². The normalized spacial score (nSPS) is 15.7. The molecule has 1 unspecified atom stereocenters. The van der Waals surface area contributed by atoms with Crippen molar-refractivity contribution in [1.82, 2.24) is 9.80 Å². The van der Waals surface area contributed by atoms with Crippen LogP contribution in [0.4, 0.5) is 5.69 Å². The fraction of sp³-hybridized carbons (Fsp3) is 0.524. The number of para-hydroxylation sites is 1. The Bertz CT molecular complexity index is 751. The van der Waals surface area contributed by atoms with Gasteiger partial charge in [-0.2, -0.15) is 0 Å². The number of ketones is 1. The summed E-state index contributed by atoms with van der Waals surface area (Å²) in [5, 5.41) is 14.8. The smallest absolute Gasteiger partial charge is 0.414 e. The molecule has 166 valence electrons. The molecule has 2 rings (SSSR count). The third kappa shape index (κ3) is 7.57. The molecule has 0 spiro atoms. The molecule has 1 atom stereocenters. The number of carbonyl (C=O) groups excluding carboxylic acids is 2. The highest BCUT2D eigenvalue weighted by Crippen LogP contribution is 2.32. The standard InChI is InChI=1S/C19H29N3O2.C2H2O4/c1-20(2)12-7-10-16-18(23)15-9-5-6-11-17(15)22(19(16)24)14-8-13-21(3)4;3-1(4)2(5)6/h5-6,9,11,16H,7-8,10,12-14H2,1-4H3;(H,3,4)(H,5,6). The molecule has 1 aromatic rings. The average Bonchev–Trinajstić information content (AvgIpc) is 2.67. The van der Waals surface area contributed by atoms with Crippen LogP contribution in [0.1, 0.15) is 29.6 Å². The Labute approximate surface area is 176 Å². The monoisotopic (exact) mass is 421 g/mol. The number of hydrogen-bond donors (Lipinski definition) is 2. The topological polar surface area (TPSA) is 118 Å².